The molecule has 0 aliphatic heterocycles. The Labute approximate surface area is 128 Å². The Balaban J connectivity index is 1.94. The summed E-state index contributed by atoms with van der Waals surface area (Å²) >= 11 is 6.80. The maximum absolute atomic E-state index is 13.7. The molecule has 2 aromatic carbocycles. The van der Waals surface area contributed by atoms with Crippen LogP contribution in [0.1, 0.15) is 9.67 Å². The minimum atomic E-state index is -0.695. The van der Waals surface area contributed by atoms with E-state index in [1.807, 2.05) is 0 Å². The van der Waals surface area contributed by atoms with E-state index in [-0.39, 0.29) is 10.7 Å². The van der Waals surface area contributed by atoms with E-state index in [2.05, 4.69) is 5.32 Å². The van der Waals surface area contributed by atoms with Crippen molar-refractivity contribution < 1.29 is 13.6 Å². The second kappa shape index (κ2) is 5.42. The molecule has 3 aromatic rings. The molecule has 0 spiro atoms. The summed E-state index contributed by atoms with van der Waals surface area (Å²) in [6, 6.07) is 10.4. The molecule has 2 nitrogen and oxygen atoms in total. The van der Waals surface area contributed by atoms with Crippen molar-refractivity contribution in [2.24, 2.45) is 0 Å². The van der Waals surface area contributed by atoms with Crippen LogP contribution in [-0.4, -0.2) is 5.91 Å². The monoisotopic (exact) mass is 323 g/mol. The third-order valence-corrected chi connectivity index (χ3v) is 4.32. The molecule has 0 radical (unpaired) electrons. The van der Waals surface area contributed by atoms with Crippen LogP contribution in [0.15, 0.2) is 42.5 Å². The number of hydrogen-bond donors (Lipinski definition) is 1. The summed E-state index contributed by atoms with van der Waals surface area (Å²) in [6.45, 7) is 0. The lowest BCUT2D eigenvalue weighted by molar-refractivity contribution is 0.103. The lowest BCUT2D eigenvalue weighted by atomic mass is 10.2. The fraction of sp³-hybridized carbons (Fsp3) is 0. The number of benzene rings is 2. The van der Waals surface area contributed by atoms with E-state index in [1.165, 1.54) is 30.3 Å². The molecule has 1 N–H and O–H groups in total. The van der Waals surface area contributed by atoms with Gasteiger partial charge in [-0.05, 0) is 30.3 Å². The quantitative estimate of drug-likeness (QED) is 0.699. The van der Waals surface area contributed by atoms with Crippen molar-refractivity contribution in [1.29, 1.82) is 0 Å². The van der Waals surface area contributed by atoms with Crippen molar-refractivity contribution in [3.8, 4) is 0 Å². The third kappa shape index (κ3) is 2.62. The van der Waals surface area contributed by atoms with E-state index in [4.69, 9.17) is 11.6 Å². The van der Waals surface area contributed by atoms with Crippen molar-refractivity contribution in [3.63, 3.8) is 0 Å². The summed E-state index contributed by atoms with van der Waals surface area (Å²) in [5.41, 5.74) is -0.00886. The molecule has 0 fully saturated rings. The van der Waals surface area contributed by atoms with Gasteiger partial charge in [-0.25, -0.2) is 8.78 Å². The Morgan fingerprint density at radius 3 is 2.67 bits per heavy atom. The van der Waals surface area contributed by atoms with E-state index >= 15 is 0 Å². The topological polar surface area (TPSA) is 29.1 Å². The molecule has 21 heavy (non-hydrogen) atoms. The minimum Gasteiger partial charge on any atom is -0.319 e. The molecule has 0 bridgehead atoms. The van der Waals surface area contributed by atoms with Crippen molar-refractivity contribution in [3.05, 3.63) is 64.0 Å². The molecule has 6 heteroatoms. The summed E-state index contributed by atoms with van der Waals surface area (Å²) in [4.78, 5) is 12.4. The molecule has 0 unspecified atom stereocenters. The highest BCUT2D eigenvalue weighted by atomic mass is 35.5. The van der Waals surface area contributed by atoms with Crippen LogP contribution in [0.4, 0.5) is 14.5 Å². The zero-order valence-corrected chi connectivity index (χ0v) is 12.1. The van der Waals surface area contributed by atoms with Crippen LogP contribution < -0.4 is 5.32 Å². The van der Waals surface area contributed by atoms with Crippen LogP contribution in [0.25, 0.3) is 10.1 Å². The van der Waals surface area contributed by atoms with E-state index < -0.39 is 17.5 Å². The van der Waals surface area contributed by atoms with Gasteiger partial charge in [0, 0.05) is 10.1 Å². The maximum atomic E-state index is 13.7. The summed E-state index contributed by atoms with van der Waals surface area (Å²) in [6.07, 6.45) is 0. The molecular formula is C15H8ClF2NOS. The molecular weight excluding hydrogens is 316 g/mol. The first-order valence-electron chi connectivity index (χ1n) is 5.99. The van der Waals surface area contributed by atoms with Gasteiger partial charge in [0.15, 0.2) is 5.82 Å². The molecule has 1 amide bonds. The molecule has 3 rings (SSSR count). The van der Waals surface area contributed by atoms with Crippen molar-refractivity contribution >= 4 is 44.6 Å². The molecule has 0 aliphatic carbocycles. The van der Waals surface area contributed by atoms with Gasteiger partial charge in [-0.2, -0.15) is 0 Å². The highest BCUT2D eigenvalue weighted by Crippen LogP contribution is 2.29. The summed E-state index contributed by atoms with van der Waals surface area (Å²) in [7, 11) is 0. The number of nitrogens with one attached hydrogen (secondary N) is 1. The van der Waals surface area contributed by atoms with Gasteiger partial charge in [-0.1, -0.05) is 23.7 Å². The molecule has 0 saturated heterocycles. The third-order valence-electron chi connectivity index (χ3n) is 2.93. The second-order valence-electron chi connectivity index (χ2n) is 4.32. The number of fused-ring (bicyclic) bond motifs is 1. The molecule has 0 saturated carbocycles. The van der Waals surface area contributed by atoms with Crippen LogP contribution in [0.3, 0.4) is 0 Å². The first-order chi connectivity index (χ1) is 10.1. The lowest BCUT2D eigenvalue weighted by Gasteiger charge is -2.05. The van der Waals surface area contributed by atoms with Gasteiger partial charge in [0.1, 0.15) is 5.82 Å². The first-order valence-corrected chi connectivity index (χ1v) is 7.19. The Bertz CT molecular complexity index is 847. The van der Waals surface area contributed by atoms with E-state index in [1.54, 1.807) is 12.1 Å². The van der Waals surface area contributed by atoms with Gasteiger partial charge < -0.3 is 5.32 Å². The second-order valence-corrected chi connectivity index (χ2v) is 5.81. The average molecular weight is 324 g/mol. The molecule has 0 atom stereocenters. The highest BCUT2D eigenvalue weighted by molar-refractivity contribution is 7.20. The number of thiophene rings is 1. The fourth-order valence-electron chi connectivity index (χ4n) is 1.92. The standard InChI is InChI=1S/C15H8ClF2NOS/c16-9-3-1-5-11(14(9)18)19-15(20)13-7-8-10(17)4-2-6-12(8)21-13/h1-7H,(H,19,20). The van der Waals surface area contributed by atoms with Crippen LogP contribution in [0.5, 0.6) is 0 Å². The van der Waals surface area contributed by atoms with Gasteiger partial charge in [0.2, 0.25) is 0 Å². The van der Waals surface area contributed by atoms with Crippen molar-refractivity contribution in [2.45, 2.75) is 0 Å². The number of amides is 1. The van der Waals surface area contributed by atoms with Gasteiger partial charge in [0.05, 0.1) is 15.6 Å². The number of anilines is 1. The fourth-order valence-corrected chi connectivity index (χ4v) is 3.07. The summed E-state index contributed by atoms with van der Waals surface area (Å²) in [5, 5.41) is 2.74. The predicted octanol–water partition coefficient (Wildman–Crippen LogP) is 5.09. The average Bonchev–Trinajstić information content (AvgIpc) is 2.89. The van der Waals surface area contributed by atoms with Gasteiger partial charge >= 0.3 is 0 Å². The number of rotatable bonds is 2. The Morgan fingerprint density at radius 1 is 1.14 bits per heavy atom. The SMILES string of the molecule is O=C(Nc1cccc(Cl)c1F)c1cc2c(F)cccc2s1. The maximum Gasteiger partial charge on any atom is 0.265 e. The van der Waals surface area contributed by atoms with Gasteiger partial charge in [-0.15, -0.1) is 11.3 Å². The van der Waals surface area contributed by atoms with Gasteiger partial charge in [-0.3, -0.25) is 4.79 Å². The van der Waals surface area contributed by atoms with Crippen LogP contribution in [0.2, 0.25) is 5.02 Å². The Morgan fingerprint density at radius 2 is 1.90 bits per heavy atom. The number of hydrogen-bond acceptors (Lipinski definition) is 2. The Hall–Kier alpha value is -1.98. The molecule has 0 aliphatic rings. The van der Waals surface area contributed by atoms with Gasteiger partial charge in [0.25, 0.3) is 5.91 Å². The Kier molecular flexibility index (Phi) is 3.61. The molecule has 106 valence electrons. The number of halogens is 3. The largest absolute Gasteiger partial charge is 0.319 e. The van der Waals surface area contributed by atoms with E-state index in [9.17, 15) is 13.6 Å². The number of carbonyl (C=O) groups excluding carboxylic acids is 1. The summed E-state index contributed by atoms with van der Waals surface area (Å²) in [5.74, 6) is -1.59. The number of carbonyl (C=O) groups is 1. The van der Waals surface area contributed by atoms with Crippen LogP contribution >= 0.6 is 22.9 Å². The molecule has 1 aromatic heterocycles. The lowest BCUT2D eigenvalue weighted by Crippen LogP contribution is -2.11. The van der Waals surface area contributed by atoms with E-state index in [0.717, 1.165) is 11.3 Å². The zero-order valence-electron chi connectivity index (χ0n) is 10.5. The zero-order chi connectivity index (χ0) is 15.0. The first kappa shape index (κ1) is 14.0. The van der Waals surface area contributed by atoms with E-state index in [0.29, 0.717) is 15.0 Å². The highest BCUT2D eigenvalue weighted by Gasteiger charge is 2.15. The summed E-state index contributed by atoms with van der Waals surface area (Å²) < 4.78 is 28.0. The van der Waals surface area contributed by atoms with Crippen LogP contribution in [-0.2, 0) is 0 Å². The van der Waals surface area contributed by atoms with Crippen LogP contribution in [0, 0.1) is 11.6 Å². The minimum absolute atomic E-state index is 0.00886. The smallest absolute Gasteiger partial charge is 0.265 e. The van der Waals surface area contributed by atoms with Crippen molar-refractivity contribution in [1.82, 2.24) is 0 Å². The molecule has 1 heterocycles. The van der Waals surface area contributed by atoms with Crippen molar-refractivity contribution in [2.75, 3.05) is 5.32 Å². The predicted molar refractivity (Wildman–Crippen MR) is 81.1 cm³/mol. The normalized spacial score (nSPS) is 10.8.